The molecule has 1 saturated carbocycles. The van der Waals surface area contributed by atoms with Crippen molar-refractivity contribution in [3.63, 3.8) is 0 Å². The molecule has 0 aromatic heterocycles. The molecule has 2 aliphatic rings. The van der Waals surface area contributed by atoms with Gasteiger partial charge in [-0.25, -0.2) is 0 Å². The molecule has 0 aromatic carbocycles. The molecule has 4 heteroatoms. The van der Waals surface area contributed by atoms with Crippen LogP contribution in [0.1, 0.15) is 59.8 Å². The Morgan fingerprint density at radius 2 is 2.05 bits per heavy atom. The number of nitrogens with zero attached hydrogens (tertiary/aromatic N) is 1. The minimum absolute atomic E-state index is 0.0369. The lowest BCUT2D eigenvalue weighted by Crippen LogP contribution is -2.53. The first-order valence-corrected chi connectivity index (χ1v) is 8.26. The Labute approximate surface area is 123 Å². The summed E-state index contributed by atoms with van der Waals surface area (Å²) in [5.74, 6) is 0.920. The van der Waals surface area contributed by atoms with Gasteiger partial charge in [0.1, 0.15) is 0 Å². The Balaban J connectivity index is 1.97. The Kier molecular flexibility index (Phi) is 5.44. The molecule has 0 aromatic rings. The Hall–Kier alpha value is -0.610. The summed E-state index contributed by atoms with van der Waals surface area (Å²) in [6, 6.07) is 0.423. The van der Waals surface area contributed by atoms with Crippen molar-refractivity contribution < 1.29 is 9.53 Å². The molecule has 4 nitrogen and oxygen atoms in total. The molecule has 1 aliphatic heterocycles. The zero-order valence-corrected chi connectivity index (χ0v) is 13.4. The van der Waals surface area contributed by atoms with Crippen LogP contribution < -0.4 is 5.32 Å². The van der Waals surface area contributed by atoms with Gasteiger partial charge in [0.05, 0.1) is 18.3 Å². The molecule has 0 spiro atoms. The van der Waals surface area contributed by atoms with Gasteiger partial charge in [-0.3, -0.25) is 10.1 Å². The van der Waals surface area contributed by atoms with Gasteiger partial charge in [0.25, 0.3) is 0 Å². The number of carbonyl (C=O) groups excluding carboxylic acids is 1. The summed E-state index contributed by atoms with van der Waals surface area (Å²) >= 11 is 0. The average molecular weight is 282 g/mol. The monoisotopic (exact) mass is 282 g/mol. The zero-order chi connectivity index (χ0) is 14.7. The molecule has 116 valence electrons. The van der Waals surface area contributed by atoms with Crippen LogP contribution >= 0.6 is 0 Å². The lowest BCUT2D eigenvalue weighted by molar-refractivity contribution is -0.138. The SMILES string of the molecule is CCCC1NC(CC(C)C)N(C2CC(OCC)C2)C1=O. The summed E-state index contributed by atoms with van der Waals surface area (Å²) in [4.78, 5) is 14.7. The number of nitrogens with one attached hydrogen (secondary N) is 1. The number of amides is 1. The normalized spacial score (nSPS) is 33.9. The molecule has 2 fully saturated rings. The molecule has 0 radical (unpaired) electrons. The molecule has 1 saturated heterocycles. The van der Waals surface area contributed by atoms with E-state index in [1.54, 1.807) is 0 Å². The van der Waals surface area contributed by atoms with Crippen LogP contribution in [-0.2, 0) is 9.53 Å². The van der Waals surface area contributed by atoms with Crippen molar-refractivity contribution in [2.45, 2.75) is 84.2 Å². The highest BCUT2D eigenvalue weighted by Gasteiger charge is 2.46. The lowest BCUT2D eigenvalue weighted by Gasteiger charge is -2.43. The molecule has 1 amide bonds. The minimum atomic E-state index is 0.0369. The third-order valence-corrected chi connectivity index (χ3v) is 4.42. The van der Waals surface area contributed by atoms with E-state index in [4.69, 9.17) is 4.74 Å². The van der Waals surface area contributed by atoms with Crippen LogP contribution in [0.5, 0.6) is 0 Å². The smallest absolute Gasteiger partial charge is 0.241 e. The Bertz CT molecular complexity index is 326. The van der Waals surface area contributed by atoms with E-state index >= 15 is 0 Å². The van der Waals surface area contributed by atoms with Crippen LogP contribution in [0.4, 0.5) is 0 Å². The highest BCUT2D eigenvalue weighted by Crippen LogP contribution is 2.33. The molecule has 0 bridgehead atoms. The number of hydrogen-bond donors (Lipinski definition) is 1. The van der Waals surface area contributed by atoms with Crippen molar-refractivity contribution >= 4 is 5.91 Å². The Morgan fingerprint density at radius 1 is 1.35 bits per heavy atom. The van der Waals surface area contributed by atoms with E-state index in [-0.39, 0.29) is 12.2 Å². The van der Waals surface area contributed by atoms with E-state index in [9.17, 15) is 4.79 Å². The molecule has 1 N–H and O–H groups in total. The second-order valence-corrected chi connectivity index (χ2v) is 6.60. The van der Waals surface area contributed by atoms with Gasteiger partial charge in [-0.1, -0.05) is 27.2 Å². The van der Waals surface area contributed by atoms with Gasteiger partial charge in [-0.2, -0.15) is 0 Å². The third kappa shape index (κ3) is 3.34. The summed E-state index contributed by atoms with van der Waals surface area (Å²) in [6.07, 6.45) is 5.66. The Morgan fingerprint density at radius 3 is 2.60 bits per heavy atom. The first-order chi connectivity index (χ1) is 9.56. The van der Waals surface area contributed by atoms with Gasteiger partial charge in [0.15, 0.2) is 0 Å². The van der Waals surface area contributed by atoms with Crippen LogP contribution in [0, 0.1) is 5.92 Å². The average Bonchev–Trinajstić information content (AvgIpc) is 2.61. The maximum Gasteiger partial charge on any atom is 0.241 e. The maximum atomic E-state index is 12.6. The van der Waals surface area contributed by atoms with Crippen LogP contribution in [0.2, 0.25) is 0 Å². The van der Waals surface area contributed by atoms with Crippen LogP contribution in [0.25, 0.3) is 0 Å². The summed E-state index contributed by atoms with van der Waals surface area (Å²) in [5.41, 5.74) is 0. The molecule has 1 heterocycles. The van der Waals surface area contributed by atoms with Crippen LogP contribution in [0.3, 0.4) is 0 Å². The van der Waals surface area contributed by atoms with Crippen LogP contribution in [0.15, 0.2) is 0 Å². The van der Waals surface area contributed by atoms with Crippen molar-refractivity contribution in [1.29, 1.82) is 0 Å². The number of rotatable bonds is 7. The lowest BCUT2D eigenvalue weighted by atomic mass is 9.87. The summed E-state index contributed by atoms with van der Waals surface area (Å²) in [7, 11) is 0. The fourth-order valence-electron chi connectivity index (χ4n) is 3.41. The van der Waals surface area contributed by atoms with E-state index in [0.717, 1.165) is 38.7 Å². The van der Waals surface area contributed by atoms with Crippen molar-refractivity contribution in [3.05, 3.63) is 0 Å². The van der Waals surface area contributed by atoms with Crippen molar-refractivity contribution in [1.82, 2.24) is 10.2 Å². The molecular weight excluding hydrogens is 252 g/mol. The second-order valence-electron chi connectivity index (χ2n) is 6.60. The first kappa shape index (κ1) is 15.8. The van der Waals surface area contributed by atoms with Gasteiger partial charge >= 0.3 is 0 Å². The fraction of sp³-hybridized carbons (Fsp3) is 0.938. The molecule has 2 unspecified atom stereocenters. The zero-order valence-electron chi connectivity index (χ0n) is 13.4. The minimum Gasteiger partial charge on any atom is -0.378 e. The molecule has 2 rings (SSSR count). The summed E-state index contributed by atoms with van der Waals surface area (Å²) in [6.45, 7) is 9.40. The van der Waals surface area contributed by atoms with E-state index in [1.165, 1.54) is 0 Å². The number of hydrogen-bond acceptors (Lipinski definition) is 3. The van der Waals surface area contributed by atoms with Gasteiger partial charge in [0, 0.05) is 12.6 Å². The van der Waals surface area contributed by atoms with Crippen molar-refractivity contribution in [2.24, 2.45) is 5.92 Å². The van der Waals surface area contributed by atoms with E-state index in [1.807, 2.05) is 6.92 Å². The first-order valence-electron chi connectivity index (χ1n) is 8.26. The standard InChI is InChI=1S/C16H30N2O2/c1-5-7-14-16(19)18(15(17-14)8-11(3)4)12-9-13(10-12)20-6-2/h11-15,17H,5-10H2,1-4H3. The number of ether oxygens (including phenoxy) is 1. The molecule has 1 aliphatic carbocycles. The highest BCUT2D eigenvalue weighted by atomic mass is 16.5. The van der Waals surface area contributed by atoms with Gasteiger partial charge in [0.2, 0.25) is 5.91 Å². The topological polar surface area (TPSA) is 41.6 Å². The largest absolute Gasteiger partial charge is 0.378 e. The quantitative estimate of drug-likeness (QED) is 0.780. The summed E-state index contributed by atoms with van der Waals surface area (Å²) in [5, 5.41) is 3.55. The van der Waals surface area contributed by atoms with Crippen molar-refractivity contribution in [2.75, 3.05) is 6.61 Å². The summed E-state index contributed by atoms with van der Waals surface area (Å²) < 4.78 is 5.64. The van der Waals surface area contributed by atoms with Crippen LogP contribution in [-0.4, -0.2) is 41.8 Å². The molecular formula is C16H30N2O2. The number of carbonyl (C=O) groups is 1. The second kappa shape index (κ2) is 6.90. The van der Waals surface area contributed by atoms with E-state index in [2.05, 4.69) is 31.0 Å². The molecule has 20 heavy (non-hydrogen) atoms. The highest BCUT2D eigenvalue weighted by molar-refractivity contribution is 5.84. The van der Waals surface area contributed by atoms with Gasteiger partial charge < -0.3 is 9.64 Å². The van der Waals surface area contributed by atoms with Crippen molar-refractivity contribution in [3.8, 4) is 0 Å². The van der Waals surface area contributed by atoms with E-state index in [0.29, 0.717) is 24.0 Å². The maximum absolute atomic E-state index is 12.6. The third-order valence-electron chi connectivity index (χ3n) is 4.42. The molecule has 2 atom stereocenters. The predicted octanol–water partition coefficient (Wildman–Crippen LogP) is 2.53. The van der Waals surface area contributed by atoms with Gasteiger partial charge in [-0.05, 0) is 38.5 Å². The van der Waals surface area contributed by atoms with Gasteiger partial charge in [-0.15, -0.1) is 0 Å². The predicted molar refractivity (Wildman–Crippen MR) is 80.4 cm³/mol. The fourth-order valence-corrected chi connectivity index (χ4v) is 3.41. The van der Waals surface area contributed by atoms with E-state index < -0.39 is 0 Å².